The number of amides is 1. The first-order valence-electron chi connectivity index (χ1n) is 6.33. The van der Waals surface area contributed by atoms with Gasteiger partial charge in [-0.25, -0.2) is 0 Å². The average molecular weight is 251 g/mol. The molecule has 0 saturated heterocycles. The van der Waals surface area contributed by atoms with Gasteiger partial charge in [0.05, 0.1) is 5.69 Å². The molecule has 0 aromatic carbocycles. The number of aryl methyl sites for hydroxylation is 2. The van der Waals surface area contributed by atoms with E-state index in [1.807, 2.05) is 13.0 Å². The minimum absolute atomic E-state index is 0.0626. The number of nitrogens with one attached hydrogen (secondary N) is 1. The Kier molecular flexibility index (Phi) is 3.89. The van der Waals surface area contributed by atoms with Crippen LogP contribution in [-0.4, -0.2) is 21.2 Å². The molecule has 0 radical (unpaired) electrons. The molecule has 1 amide bonds. The normalized spacial score (nSPS) is 12.6. The number of hydrogen-bond donors (Lipinski definition) is 1. The van der Waals surface area contributed by atoms with Gasteiger partial charge in [-0.1, -0.05) is 20.8 Å². The van der Waals surface area contributed by atoms with Crippen molar-refractivity contribution in [3.63, 3.8) is 0 Å². The predicted octanol–water partition coefficient (Wildman–Crippen LogP) is 2.67. The van der Waals surface area contributed by atoms with Gasteiger partial charge < -0.3 is 5.32 Å². The van der Waals surface area contributed by atoms with E-state index in [-0.39, 0.29) is 16.9 Å². The van der Waals surface area contributed by atoms with E-state index in [4.69, 9.17) is 0 Å². The summed E-state index contributed by atoms with van der Waals surface area (Å²) in [7, 11) is 1.79. The maximum absolute atomic E-state index is 12.2. The van der Waals surface area contributed by atoms with Crippen molar-refractivity contribution in [1.29, 1.82) is 0 Å². The maximum atomic E-state index is 12.2. The molecule has 0 aliphatic heterocycles. The summed E-state index contributed by atoms with van der Waals surface area (Å²) in [5, 5.41) is 7.28. The van der Waals surface area contributed by atoms with E-state index in [0.717, 1.165) is 12.1 Å². The molecule has 0 aliphatic carbocycles. The second kappa shape index (κ2) is 4.75. The summed E-state index contributed by atoms with van der Waals surface area (Å²) in [5.74, 6) is -0.0626. The molecule has 1 aromatic heterocycles. The standard InChI is InChI=1S/C14H25N3O/c1-10-8-11(17(7)16-10)12(18)15-14(5,6)9-13(2,3)4/h8H,9H2,1-7H3,(H,15,18). The number of carbonyl (C=O) groups is 1. The topological polar surface area (TPSA) is 46.9 Å². The summed E-state index contributed by atoms with van der Waals surface area (Å²) < 4.78 is 1.62. The first kappa shape index (κ1) is 14.7. The van der Waals surface area contributed by atoms with Gasteiger partial charge in [0.15, 0.2) is 0 Å². The van der Waals surface area contributed by atoms with Crippen molar-refractivity contribution in [3.8, 4) is 0 Å². The Morgan fingerprint density at radius 2 is 1.89 bits per heavy atom. The van der Waals surface area contributed by atoms with E-state index >= 15 is 0 Å². The zero-order valence-electron chi connectivity index (χ0n) is 12.6. The van der Waals surface area contributed by atoms with Crippen LogP contribution in [0.2, 0.25) is 0 Å². The molecule has 0 spiro atoms. The van der Waals surface area contributed by atoms with Gasteiger partial charge in [0, 0.05) is 12.6 Å². The van der Waals surface area contributed by atoms with E-state index in [1.54, 1.807) is 11.7 Å². The van der Waals surface area contributed by atoms with Crippen LogP contribution in [0, 0.1) is 12.3 Å². The lowest BCUT2D eigenvalue weighted by Crippen LogP contribution is -2.46. The van der Waals surface area contributed by atoms with Crippen LogP contribution in [0.5, 0.6) is 0 Å². The smallest absolute Gasteiger partial charge is 0.269 e. The highest BCUT2D eigenvalue weighted by molar-refractivity contribution is 5.93. The number of nitrogens with zero attached hydrogens (tertiary/aromatic N) is 2. The molecule has 4 nitrogen and oxygen atoms in total. The van der Waals surface area contributed by atoms with Crippen LogP contribution in [0.15, 0.2) is 6.07 Å². The van der Waals surface area contributed by atoms with E-state index in [1.165, 1.54) is 0 Å². The number of hydrogen-bond acceptors (Lipinski definition) is 2. The third-order valence-corrected chi connectivity index (χ3v) is 2.66. The Labute approximate surface area is 110 Å². The summed E-state index contributed by atoms with van der Waals surface area (Å²) in [4.78, 5) is 12.2. The molecule has 1 N–H and O–H groups in total. The molecule has 4 heteroatoms. The highest BCUT2D eigenvalue weighted by atomic mass is 16.2. The first-order chi connectivity index (χ1) is 8.00. The third-order valence-electron chi connectivity index (χ3n) is 2.66. The second-order valence-electron chi connectivity index (χ2n) is 6.87. The molecule has 0 bridgehead atoms. The molecule has 18 heavy (non-hydrogen) atoms. The second-order valence-corrected chi connectivity index (χ2v) is 6.87. The van der Waals surface area contributed by atoms with Crippen LogP contribution in [0.4, 0.5) is 0 Å². The van der Waals surface area contributed by atoms with Crippen LogP contribution in [-0.2, 0) is 7.05 Å². The quantitative estimate of drug-likeness (QED) is 0.897. The van der Waals surface area contributed by atoms with E-state index in [9.17, 15) is 4.79 Å². The highest BCUT2D eigenvalue weighted by Gasteiger charge is 2.28. The molecule has 1 aromatic rings. The fraction of sp³-hybridized carbons (Fsp3) is 0.714. The van der Waals surface area contributed by atoms with Crippen molar-refractivity contribution in [3.05, 3.63) is 17.5 Å². The zero-order chi connectivity index (χ0) is 14.1. The maximum Gasteiger partial charge on any atom is 0.269 e. The Balaban J connectivity index is 2.79. The van der Waals surface area contributed by atoms with Crippen molar-refractivity contribution in [2.75, 3.05) is 0 Å². The van der Waals surface area contributed by atoms with Crippen molar-refractivity contribution >= 4 is 5.91 Å². The highest BCUT2D eigenvalue weighted by Crippen LogP contribution is 2.27. The van der Waals surface area contributed by atoms with E-state index < -0.39 is 0 Å². The van der Waals surface area contributed by atoms with Gasteiger partial charge in [0.25, 0.3) is 5.91 Å². The van der Waals surface area contributed by atoms with Gasteiger partial charge in [0.2, 0.25) is 0 Å². The molecule has 1 heterocycles. The van der Waals surface area contributed by atoms with Crippen LogP contribution in [0.3, 0.4) is 0 Å². The zero-order valence-corrected chi connectivity index (χ0v) is 12.6. The van der Waals surface area contributed by atoms with Gasteiger partial charge in [-0.3, -0.25) is 9.48 Å². The minimum Gasteiger partial charge on any atom is -0.346 e. The SMILES string of the molecule is Cc1cc(C(=O)NC(C)(C)CC(C)(C)C)n(C)n1. The lowest BCUT2D eigenvalue weighted by Gasteiger charge is -2.33. The van der Waals surface area contributed by atoms with Crippen molar-refractivity contribution in [2.24, 2.45) is 12.5 Å². The molecule has 0 atom stereocenters. The predicted molar refractivity (Wildman–Crippen MR) is 73.6 cm³/mol. The number of carbonyl (C=O) groups excluding carboxylic acids is 1. The Hall–Kier alpha value is -1.32. The van der Waals surface area contributed by atoms with Gasteiger partial charge in [-0.15, -0.1) is 0 Å². The summed E-state index contributed by atoms with van der Waals surface area (Å²) in [6, 6.07) is 1.81. The van der Waals surface area contributed by atoms with Crippen molar-refractivity contribution in [2.45, 2.75) is 53.5 Å². The van der Waals surface area contributed by atoms with Gasteiger partial charge in [-0.05, 0) is 38.7 Å². The lowest BCUT2D eigenvalue weighted by atomic mass is 9.82. The van der Waals surface area contributed by atoms with Crippen molar-refractivity contribution < 1.29 is 4.79 Å². The Morgan fingerprint density at radius 1 is 1.33 bits per heavy atom. The van der Waals surface area contributed by atoms with E-state index in [2.05, 4.69) is 45.0 Å². The van der Waals surface area contributed by atoms with E-state index in [0.29, 0.717) is 5.69 Å². The van der Waals surface area contributed by atoms with Crippen LogP contribution in [0.25, 0.3) is 0 Å². The molecular formula is C14H25N3O. The molecular weight excluding hydrogens is 226 g/mol. The first-order valence-corrected chi connectivity index (χ1v) is 6.33. The van der Waals surface area contributed by atoms with Crippen LogP contribution < -0.4 is 5.32 Å². The van der Waals surface area contributed by atoms with Crippen LogP contribution >= 0.6 is 0 Å². The monoisotopic (exact) mass is 251 g/mol. The van der Waals surface area contributed by atoms with Crippen LogP contribution in [0.1, 0.15) is 57.2 Å². The van der Waals surface area contributed by atoms with Crippen molar-refractivity contribution in [1.82, 2.24) is 15.1 Å². The summed E-state index contributed by atoms with van der Waals surface area (Å²) in [5.41, 5.74) is 1.41. The fourth-order valence-corrected chi connectivity index (χ4v) is 2.56. The Bertz CT molecular complexity index is 438. The number of rotatable bonds is 3. The molecule has 102 valence electrons. The molecule has 0 aliphatic rings. The summed E-state index contributed by atoms with van der Waals surface area (Å²) >= 11 is 0. The molecule has 1 rings (SSSR count). The Morgan fingerprint density at radius 3 is 2.28 bits per heavy atom. The largest absolute Gasteiger partial charge is 0.346 e. The summed E-state index contributed by atoms with van der Waals surface area (Å²) in [6.45, 7) is 12.5. The molecule has 0 unspecified atom stereocenters. The van der Waals surface area contributed by atoms with Gasteiger partial charge >= 0.3 is 0 Å². The molecule has 0 saturated carbocycles. The third kappa shape index (κ3) is 4.17. The lowest BCUT2D eigenvalue weighted by molar-refractivity contribution is 0.0881. The fourth-order valence-electron chi connectivity index (χ4n) is 2.56. The average Bonchev–Trinajstić information content (AvgIpc) is 2.39. The number of aromatic nitrogens is 2. The minimum atomic E-state index is -0.229. The van der Waals surface area contributed by atoms with Gasteiger partial charge in [0.1, 0.15) is 5.69 Å². The van der Waals surface area contributed by atoms with Gasteiger partial charge in [-0.2, -0.15) is 5.10 Å². The molecule has 0 fully saturated rings. The summed E-state index contributed by atoms with van der Waals surface area (Å²) in [6.07, 6.45) is 0.919.